The molecule has 2 aromatic heterocycles. The van der Waals surface area contributed by atoms with Crippen molar-refractivity contribution in [3.05, 3.63) is 52.3 Å². The van der Waals surface area contributed by atoms with Crippen molar-refractivity contribution in [1.82, 2.24) is 9.97 Å². The first kappa shape index (κ1) is 13.8. The molecule has 0 aliphatic carbocycles. The highest BCUT2D eigenvalue weighted by Gasteiger charge is 2.18. The highest BCUT2D eigenvalue weighted by atomic mass is 35.5. The molecule has 0 saturated carbocycles. The van der Waals surface area contributed by atoms with Crippen molar-refractivity contribution in [3.63, 3.8) is 0 Å². The summed E-state index contributed by atoms with van der Waals surface area (Å²) >= 11 is 7.41. The molecule has 0 bridgehead atoms. The number of benzene rings is 1. The monoisotopic (exact) mass is 325 g/mol. The Morgan fingerprint density at radius 3 is 2.86 bits per heavy atom. The molecule has 1 N–H and O–H groups in total. The van der Waals surface area contributed by atoms with Crippen LogP contribution in [0.4, 0.5) is 14.5 Å². The van der Waals surface area contributed by atoms with Crippen LogP contribution in [-0.2, 0) is 0 Å². The largest absolute Gasteiger partial charge is 0.319 e. The van der Waals surface area contributed by atoms with Crippen LogP contribution in [0.2, 0.25) is 5.02 Å². The van der Waals surface area contributed by atoms with Gasteiger partial charge in [-0.3, -0.25) is 4.79 Å². The Labute approximate surface area is 126 Å². The Bertz CT molecular complexity index is 853. The molecule has 0 aliphatic rings. The molecule has 0 saturated heterocycles. The lowest BCUT2D eigenvalue weighted by Crippen LogP contribution is -2.15. The second-order valence-electron chi connectivity index (χ2n) is 4.04. The third-order valence-corrected chi connectivity index (χ3v) is 3.89. The van der Waals surface area contributed by atoms with Crippen LogP contribution in [0.25, 0.3) is 10.2 Å². The van der Waals surface area contributed by atoms with Gasteiger partial charge in [-0.05, 0) is 18.2 Å². The first-order chi connectivity index (χ1) is 10.1. The van der Waals surface area contributed by atoms with Gasteiger partial charge in [0.1, 0.15) is 5.52 Å². The zero-order valence-electron chi connectivity index (χ0n) is 10.2. The maximum atomic E-state index is 13.6. The lowest BCUT2D eigenvalue weighted by atomic mass is 10.2. The molecule has 1 aromatic carbocycles. The average Bonchev–Trinajstić information content (AvgIpc) is 2.93. The van der Waals surface area contributed by atoms with Gasteiger partial charge >= 0.3 is 0 Å². The second-order valence-corrected chi connectivity index (χ2v) is 5.33. The summed E-state index contributed by atoms with van der Waals surface area (Å²) in [6.07, 6.45) is 1.01. The van der Waals surface area contributed by atoms with E-state index in [0.29, 0.717) is 5.52 Å². The molecule has 0 unspecified atom stereocenters. The molecule has 2 heterocycles. The Hall–Kier alpha value is -2.12. The summed E-state index contributed by atoms with van der Waals surface area (Å²) in [5.41, 5.74) is 1.90. The van der Waals surface area contributed by atoms with Crippen molar-refractivity contribution in [3.8, 4) is 0 Å². The minimum Gasteiger partial charge on any atom is -0.319 e. The topological polar surface area (TPSA) is 54.9 Å². The average molecular weight is 326 g/mol. The van der Waals surface area contributed by atoms with Crippen LogP contribution in [0.5, 0.6) is 0 Å². The number of thiazole rings is 1. The summed E-state index contributed by atoms with van der Waals surface area (Å²) in [5, 5.41) is 2.72. The van der Waals surface area contributed by atoms with E-state index < -0.39 is 23.2 Å². The number of carbonyl (C=O) groups is 1. The summed E-state index contributed by atoms with van der Waals surface area (Å²) in [6.45, 7) is 0. The molecule has 4 nitrogen and oxygen atoms in total. The number of rotatable bonds is 2. The van der Waals surface area contributed by atoms with Crippen molar-refractivity contribution in [2.75, 3.05) is 5.32 Å². The van der Waals surface area contributed by atoms with E-state index in [1.165, 1.54) is 11.3 Å². The van der Waals surface area contributed by atoms with Gasteiger partial charge in [-0.1, -0.05) is 11.6 Å². The van der Waals surface area contributed by atoms with E-state index in [9.17, 15) is 13.6 Å². The van der Waals surface area contributed by atoms with Crippen LogP contribution in [0.1, 0.15) is 10.4 Å². The van der Waals surface area contributed by atoms with E-state index >= 15 is 0 Å². The maximum Gasteiger partial charge on any atom is 0.258 e. The first-order valence-corrected chi connectivity index (χ1v) is 6.96. The van der Waals surface area contributed by atoms with Crippen molar-refractivity contribution in [2.24, 2.45) is 0 Å². The molecular weight excluding hydrogens is 320 g/mol. The van der Waals surface area contributed by atoms with Crippen LogP contribution < -0.4 is 5.32 Å². The fourth-order valence-corrected chi connectivity index (χ4v) is 2.68. The number of halogens is 3. The molecule has 3 rings (SSSR count). The van der Waals surface area contributed by atoms with Gasteiger partial charge in [-0.2, -0.15) is 4.39 Å². The first-order valence-electron chi connectivity index (χ1n) is 5.71. The number of nitrogens with zero attached hydrogens (tertiary/aromatic N) is 2. The molecule has 106 valence electrons. The van der Waals surface area contributed by atoms with Gasteiger partial charge in [0, 0.05) is 6.20 Å². The van der Waals surface area contributed by atoms with E-state index in [1.807, 2.05) is 0 Å². The number of hydrogen-bond acceptors (Lipinski definition) is 4. The second kappa shape index (κ2) is 5.34. The third-order valence-electron chi connectivity index (χ3n) is 2.78. The quantitative estimate of drug-likeness (QED) is 0.728. The Morgan fingerprint density at radius 1 is 1.24 bits per heavy atom. The minimum atomic E-state index is -1.33. The lowest BCUT2D eigenvalue weighted by molar-refractivity contribution is 0.102. The summed E-state index contributed by atoms with van der Waals surface area (Å²) in [4.78, 5) is 19.3. The molecule has 0 atom stereocenters. The van der Waals surface area contributed by atoms with Gasteiger partial charge in [0.15, 0.2) is 5.82 Å². The molecular formula is C13H6ClF2N3OS. The number of pyridine rings is 1. The molecule has 0 aliphatic heterocycles. The van der Waals surface area contributed by atoms with Gasteiger partial charge < -0.3 is 5.32 Å². The summed E-state index contributed by atoms with van der Waals surface area (Å²) in [6, 6.07) is 4.45. The van der Waals surface area contributed by atoms with Crippen LogP contribution in [-0.4, -0.2) is 15.9 Å². The molecule has 21 heavy (non-hydrogen) atoms. The van der Waals surface area contributed by atoms with Crippen LogP contribution in [0.3, 0.4) is 0 Å². The number of fused-ring (bicyclic) bond motifs is 1. The highest BCUT2D eigenvalue weighted by molar-refractivity contribution is 7.16. The van der Waals surface area contributed by atoms with Gasteiger partial charge in [-0.25, -0.2) is 14.4 Å². The standard InChI is InChI=1S/C13H6ClF2N3OS/c14-7-1-2-8-11(18-5-21-8)10(7)19-13(20)6-3-4-17-12(16)9(6)15/h1-5H,(H,19,20). The zero-order valence-corrected chi connectivity index (χ0v) is 11.8. The summed E-state index contributed by atoms with van der Waals surface area (Å²) < 4.78 is 27.4. The molecule has 0 fully saturated rings. The molecule has 0 spiro atoms. The number of amides is 1. The smallest absolute Gasteiger partial charge is 0.258 e. The lowest BCUT2D eigenvalue weighted by Gasteiger charge is -2.08. The highest BCUT2D eigenvalue weighted by Crippen LogP contribution is 2.32. The van der Waals surface area contributed by atoms with Gasteiger partial charge in [0.05, 0.1) is 26.5 Å². The van der Waals surface area contributed by atoms with Crippen molar-refractivity contribution in [2.45, 2.75) is 0 Å². The van der Waals surface area contributed by atoms with Crippen molar-refractivity contribution in [1.29, 1.82) is 0 Å². The van der Waals surface area contributed by atoms with Gasteiger partial charge in [-0.15, -0.1) is 11.3 Å². The maximum absolute atomic E-state index is 13.6. The van der Waals surface area contributed by atoms with Gasteiger partial charge in [0.25, 0.3) is 5.91 Å². The SMILES string of the molecule is O=C(Nc1c(Cl)ccc2scnc12)c1ccnc(F)c1F. The predicted molar refractivity (Wildman–Crippen MR) is 76.7 cm³/mol. The minimum absolute atomic E-state index is 0.261. The Balaban J connectivity index is 2.02. The van der Waals surface area contributed by atoms with Crippen molar-refractivity contribution < 1.29 is 13.6 Å². The van der Waals surface area contributed by atoms with E-state index in [0.717, 1.165) is 17.0 Å². The molecule has 1 amide bonds. The third kappa shape index (κ3) is 2.45. The van der Waals surface area contributed by atoms with E-state index in [1.54, 1.807) is 17.6 Å². The Morgan fingerprint density at radius 2 is 2.05 bits per heavy atom. The van der Waals surface area contributed by atoms with E-state index in [-0.39, 0.29) is 10.7 Å². The molecule has 0 radical (unpaired) electrons. The zero-order chi connectivity index (χ0) is 15.0. The summed E-state index contributed by atoms with van der Waals surface area (Å²) in [5.74, 6) is -3.46. The number of anilines is 1. The molecule has 3 aromatic rings. The normalized spacial score (nSPS) is 10.8. The van der Waals surface area contributed by atoms with E-state index in [2.05, 4.69) is 15.3 Å². The number of carbonyl (C=O) groups excluding carboxylic acids is 1. The number of aromatic nitrogens is 2. The number of nitrogens with one attached hydrogen (secondary N) is 1. The fraction of sp³-hybridized carbons (Fsp3) is 0. The van der Waals surface area contributed by atoms with Crippen LogP contribution in [0.15, 0.2) is 29.9 Å². The number of hydrogen-bond donors (Lipinski definition) is 1. The van der Waals surface area contributed by atoms with Crippen LogP contribution >= 0.6 is 22.9 Å². The van der Waals surface area contributed by atoms with Crippen LogP contribution in [0, 0.1) is 11.8 Å². The Kier molecular flexibility index (Phi) is 3.52. The fourth-order valence-electron chi connectivity index (χ4n) is 1.80. The van der Waals surface area contributed by atoms with E-state index in [4.69, 9.17) is 11.6 Å². The summed E-state index contributed by atoms with van der Waals surface area (Å²) in [7, 11) is 0. The molecule has 8 heteroatoms. The van der Waals surface area contributed by atoms with Crippen molar-refractivity contribution >= 4 is 44.7 Å². The van der Waals surface area contributed by atoms with Gasteiger partial charge in [0.2, 0.25) is 5.95 Å². The predicted octanol–water partition coefficient (Wildman–Crippen LogP) is 3.88.